The van der Waals surface area contributed by atoms with E-state index in [4.69, 9.17) is 4.74 Å². The Labute approximate surface area is 137 Å². The van der Waals surface area contributed by atoms with Crippen molar-refractivity contribution in [2.24, 2.45) is 4.99 Å². The zero-order chi connectivity index (χ0) is 16.7. The third-order valence-electron chi connectivity index (χ3n) is 3.41. The Hall–Kier alpha value is -2.63. The molecule has 0 radical (unpaired) electrons. The summed E-state index contributed by atoms with van der Waals surface area (Å²) in [4.78, 5) is 14.9. The summed E-state index contributed by atoms with van der Waals surface area (Å²) in [7, 11) is 5.45. The Morgan fingerprint density at radius 2 is 2.00 bits per heavy atom. The molecule has 0 saturated heterocycles. The number of guanidine groups is 1. The van der Waals surface area contributed by atoms with Crippen molar-refractivity contribution in [3.63, 3.8) is 0 Å². The van der Waals surface area contributed by atoms with E-state index in [0.717, 1.165) is 29.8 Å². The van der Waals surface area contributed by atoms with Gasteiger partial charge in [0.25, 0.3) is 0 Å². The standard InChI is InChI=1S/C17H23N5O/c1-13-19-10-9-15(21-13)11-20-17(18-2)22(3)12-14-5-7-16(23-4)8-6-14/h5-10H,11-12H2,1-4H3,(H,18,20). The van der Waals surface area contributed by atoms with Crippen LogP contribution in [0.25, 0.3) is 0 Å². The zero-order valence-corrected chi connectivity index (χ0v) is 14.1. The summed E-state index contributed by atoms with van der Waals surface area (Å²) in [5.74, 6) is 2.45. The summed E-state index contributed by atoms with van der Waals surface area (Å²) >= 11 is 0. The molecule has 0 unspecified atom stereocenters. The van der Waals surface area contributed by atoms with Gasteiger partial charge in [-0.25, -0.2) is 9.97 Å². The van der Waals surface area contributed by atoms with Gasteiger partial charge in [-0.3, -0.25) is 4.99 Å². The Morgan fingerprint density at radius 1 is 1.26 bits per heavy atom. The molecule has 0 bridgehead atoms. The van der Waals surface area contributed by atoms with E-state index in [0.29, 0.717) is 6.54 Å². The van der Waals surface area contributed by atoms with Crippen molar-refractivity contribution in [2.75, 3.05) is 21.2 Å². The highest BCUT2D eigenvalue weighted by Crippen LogP contribution is 2.12. The van der Waals surface area contributed by atoms with Gasteiger partial charge in [0, 0.05) is 26.8 Å². The molecule has 23 heavy (non-hydrogen) atoms. The van der Waals surface area contributed by atoms with E-state index in [1.807, 2.05) is 32.2 Å². The molecule has 0 aliphatic heterocycles. The molecule has 2 rings (SSSR count). The lowest BCUT2D eigenvalue weighted by Gasteiger charge is -2.22. The third-order valence-corrected chi connectivity index (χ3v) is 3.41. The lowest BCUT2D eigenvalue weighted by molar-refractivity contribution is 0.414. The van der Waals surface area contributed by atoms with Gasteiger partial charge in [-0.2, -0.15) is 0 Å². The highest BCUT2D eigenvalue weighted by Gasteiger charge is 2.07. The molecule has 2 aromatic rings. The second kappa shape index (κ2) is 8.12. The maximum Gasteiger partial charge on any atom is 0.194 e. The van der Waals surface area contributed by atoms with Gasteiger partial charge in [0.05, 0.1) is 19.3 Å². The third kappa shape index (κ3) is 4.95. The molecule has 122 valence electrons. The maximum absolute atomic E-state index is 5.18. The molecule has 1 heterocycles. The number of hydrogen-bond donors (Lipinski definition) is 1. The van der Waals surface area contributed by atoms with Crippen LogP contribution in [0, 0.1) is 6.92 Å². The van der Waals surface area contributed by atoms with E-state index in [1.54, 1.807) is 20.4 Å². The van der Waals surface area contributed by atoms with Crippen LogP contribution in [0.4, 0.5) is 0 Å². The summed E-state index contributed by atoms with van der Waals surface area (Å²) in [6.45, 7) is 3.25. The van der Waals surface area contributed by atoms with Crippen LogP contribution in [0.1, 0.15) is 17.1 Å². The first-order valence-electron chi connectivity index (χ1n) is 7.45. The van der Waals surface area contributed by atoms with Gasteiger partial charge in [-0.15, -0.1) is 0 Å². The summed E-state index contributed by atoms with van der Waals surface area (Å²) < 4.78 is 5.18. The van der Waals surface area contributed by atoms with Gasteiger partial charge in [0.1, 0.15) is 11.6 Å². The second-order valence-corrected chi connectivity index (χ2v) is 5.20. The van der Waals surface area contributed by atoms with Crippen LogP contribution in [0.15, 0.2) is 41.5 Å². The normalized spacial score (nSPS) is 11.2. The first kappa shape index (κ1) is 16.7. The fraction of sp³-hybridized carbons (Fsp3) is 0.353. The predicted molar refractivity (Wildman–Crippen MR) is 91.4 cm³/mol. The minimum absolute atomic E-state index is 0.614. The van der Waals surface area contributed by atoms with Crippen molar-refractivity contribution >= 4 is 5.96 Å². The lowest BCUT2D eigenvalue weighted by atomic mass is 10.2. The first-order chi connectivity index (χ1) is 11.1. The molecule has 0 fully saturated rings. The quantitative estimate of drug-likeness (QED) is 0.676. The summed E-state index contributed by atoms with van der Waals surface area (Å²) in [5.41, 5.74) is 2.13. The Kier molecular flexibility index (Phi) is 5.91. The molecule has 0 atom stereocenters. The highest BCUT2D eigenvalue weighted by atomic mass is 16.5. The minimum atomic E-state index is 0.614. The fourth-order valence-electron chi connectivity index (χ4n) is 2.24. The van der Waals surface area contributed by atoms with E-state index >= 15 is 0 Å². The fourth-order valence-corrected chi connectivity index (χ4v) is 2.24. The number of nitrogens with one attached hydrogen (secondary N) is 1. The molecule has 0 aliphatic carbocycles. The molecule has 0 saturated carbocycles. The van der Waals surface area contributed by atoms with Crippen molar-refractivity contribution in [1.82, 2.24) is 20.2 Å². The molecule has 0 spiro atoms. The van der Waals surface area contributed by atoms with Crippen molar-refractivity contribution < 1.29 is 4.74 Å². The average Bonchev–Trinajstić information content (AvgIpc) is 2.56. The van der Waals surface area contributed by atoms with E-state index in [9.17, 15) is 0 Å². The molecule has 0 aliphatic rings. The van der Waals surface area contributed by atoms with Crippen LogP contribution in [0.5, 0.6) is 5.75 Å². The number of ether oxygens (including phenoxy) is 1. The lowest BCUT2D eigenvalue weighted by Crippen LogP contribution is -2.38. The number of rotatable bonds is 5. The number of benzene rings is 1. The Bertz CT molecular complexity index is 654. The SMILES string of the molecule is CN=C(NCc1ccnc(C)n1)N(C)Cc1ccc(OC)cc1. The molecule has 6 heteroatoms. The van der Waals surface area contributed by atoms with E-state index in [2.05, 4.69) is 37.3 Å². The van der Waals surface area contributed by atoms with Crippen LogP contribution in [0.3, 0.4) is 0 Å². The van der Waals surface area contributed by atoms with Crippen LogP contribution in [-0.4, -0.2) is 42.0 Å². The highest BCUT2D eigenvalue weighted by molar-refractivity contribution is 5.79. The minimum Gasteiger partial charge on any atom is -0.497 e. The largest absolute Gasteiger partial charge is 0.497 e. The van der Waals surface area contributed by atoms with Crippen LogP contribution in [-0.2, 0) is 13.1 Å². The second-order valence-electron chi connectivity index (χ2n) is 5.20. The summed E-state index contributed by atoms with van der Waals surface area (Å²) in [6, 6.07) is 9.93. The number of methoxy groups -OCH3 is 1. The van der Waals surface area contributed by atoms with Gasteiger partial charge in [-0.05, 0) is 30.7 Å². The van der Waals surface area contributed by atoms with Gasteiger partial charge in [-0.1, -0.05) is 12.1 Å². The maximum atomic E-state index is 5.18. The number of aryl methyl sites for hydroxylation is 1. The van der Waals surface area contributed by atoms with Gasteiger partial charge >= 0.3 is 0 Å². The number of nitrogens with zero attached hydrogens (tertiary/aromatic N) is 4. The monoisotopic (exact) mass is 313 g/mol. The topological polar surface area (TPSA) is 62.6 Å². The number of hydrogen-bond acceptors (Lipinski definition) is 4. The Balaban J connectivity index is 1.94. The predicted octanol–water partition coefficient (Wildman–Crippen LogP) is 2.00. The molecule has 0 amide bonds. The van der Waals surface area contributed by atoms with Crippen LogP contribution in [0.2, 0.25) is 0 Å². The summed E-state index contributed by atoms with van der Waals surface area (Å²) in [5, 5.41) is 3.32. The molecule has 1 N–H and O–H groups in total. The van der Waals surface area contributed by atoms with Gasteiger partial charge in [0.2, 0.25) is 0 Å². The van der Waals surface area contributed by atoms with E-state index < -0.39 is 0 Å². The molecule has 1 aromatic heterocycles. The molecule has 6 nitrogen and oxygen atoms in total. The Morgan fingerprint density at radius 3 is 2.61 bits per heavy atom. The van der Waals surface area contributed by atoms with E-state index in [-0.39, 0.29) is 0 Å². The van der Waals surface area contributed by atoms with Crippen molar-refractivity contribution in [2.45, 2.75) is 20.0 Å². The molecular weight excluding hydrogens is 290 g/mol. The van der Waals surface area contributed by atoms with Crippen molar-refractivity contribution in [3.05, 3.63) is 53.6 Å². The first-order valence-corrected chi connectivity index (χ1v) is 7.45. The van der Waals surface area contributed by atoms with Crippen molar-refractivity contribution in [3.8, 4) is 5.75 Å². The number of aliphatic imine (C=N–C) groups is 1. The molecular formula is C17H23N5O. The smallest absolute Gasteiger partial charge is 0.194 e. The number of aromatic nitrogens is 2. The summed E-state index contributed by atoms with van der Waals surface area (Å²) in [6.07, 6.45) is 1.77. The van der Waals surface area contributed by atoms with Crippen LogP contribution >= 0.6 is 0 Å². The van der Waals surface area contributed by atoms with Crippen LogP contribution < -0.4 is 10.1 Å². The van der Waals surface area contributed by atoms with E-state index in [1.165, 1.54) is 5.56 Å². The zero-order valence-electron chi connectivity index (χ0n) is 14.1. The van der Waals surface area contributed by atoms with Crippen molar-refractivity contribution in [1.29, 1.82) is 0 Å². The molecule has 1 aromatic carbocycles. The van der Waals surface area contributed by atoms with Gasteiger partial charge < -0.3 is 15.0 Å². The average molecular weight is 313 g/mol. The van der Waals surface area contributed by atoms with Gasteiger partial charge in [0.15, 0.2) is 5.96 Å².